The molecule has 0 amide bonds. The highest BCUT2D eigenvalue weighted by atomic mass is 127. The normalized spacial score (nSPS) is 24.0. The number of nitrogens with one attached hydrogen (secondary N) is 2. The lowest BCUT2D eigenvalue weighted by Crippen LogP contribution is -2.56. The zero-order valence-electron chi connectivity index (χ0n) is 17.9. The third-order valence-electron chi connectivity index (χ3n) is 6.48. The van der Waals surface area contributed by atoms with Crippen molar-refractivity contribution in [3.8, 4) is 0 Å². The number of halogens is 1. The zero-order valence-corrected chi connectivity index (χ0v) is 20.2. The topological polar surface area (TPSA) is 52.1 Å². The van der Waals surface area contributed by atoms with Gasteiger partial charge >= 0.3 is 0 Å². The van der Waals surface area contributed by atoms with E-state index in [1.807, 2.05) is 0 Å². The maximum atomic E-state index is 5.60. The molecule has 28 heavy (non-hydrogen) atoms. The molecule has 3 rings (SSSR count). The number of guanidine groups is 1. The van der Waals surface area contributed by atoms with Gasteiger partial charge in [0, 0.05) is 31.7 Å². The first-order valence-electron chi connectivity index (χ1n) is 11.4. The molecule has 0 aromatic heterocycles. The van der Waals surface area contributed by atoms with Crippen molar-refractivity contribution in [3.63, 3.8) is 0 Å². The number of hydrogen-bond donors (Lipinski definition) is 2. The molecule has 0 aromatic rings. The molecule has 2 saturated heterocycles. The number of nitrogens with zero attached hydrogens (tertiary/aromatic N) is 3. The second-order valence-corrected chi connectivity index (χ2v) is 8.41. The summed E-state index contributed by atoms with van der Waals surface area (Å²) in [4.78, 5) is 10.3. The molecule has 7 heteroatoms. The molecule has 0 radical (unpaired) electrons. The highest BCUT2D eigenvalue weighted by Crippen LogP contribution is 2.34. The molecule has 0 bridgehead atoms. The third kappa shape index (κ3) is 7.29. The number of hydrogen-bond acceptors (Lipinski definition) is 4. The number of likely N-dealkylation sites (tertiary alicyclic amines) is 1. The van der Waals surface area contributed by atoms with E-state index in [1.54, 1.807) is 0 Å². The van der Waals surface area contributed by atoms with Gasteiger partial charge in [-0.05, 0) is 58.7 Å². The fourth-order valence-corrected chi connectivity index (χ4v) is 4.91. The van der Waals surface area contributed by atoms with Crippen molar-refractivity contribution in [3.05, 3.63) is 0 Å². The van der Waals surface area contributed by atoms with Gasteiger partial charge in [0.25, 0.3) is 0 Å². The first-order valence-corrected chi connectivity index (χ1v) is 11.4. The van der Waals surface area contributed by atoms with Crippen molar-refractivity contribution in [1.29, 1.82) is 0 Å². The Morgan fingerprint density at radius 3 is 2.36 bits per heavy atom. The molecule has 6 nitrogen and oxygen atoms in total. The molecule has 0 atom stereocenters. The van der Waals surface area contributed by atoms with Gasteiger partial charge in [-0.25, -0.2) is 0 Å². The predicted octanol–water partition coefficient (Wildman–Crippen LogP) is 2.68. The van der Waals surface area contributed by atoms with Crippen LogP contribution in [0.2, 0.25) is 0 Å². The van der Waals surface area contributed by atoms with Crippen LogP contribution >= 0.6 is 24.0 Å². The maximum absolute atomic E-state index is 5.60. The van der Waals surface area contributed by atoms with E-state index in [0.29, 0.717) is 0 Å². The summed E-state index contributed by atoms with van der Waals surface area (Å²) >= 11 is 0. The standard InChI is InChI=1S/C21H41N5O.HI/c1-2-22-20(23-11-8-14-25-12-6-7-13-25)24-19-21(9-4-3-5-10-21)26-15-17-27-18-16-26;/h2-19H2,1H3,(H2,22,23,24);1H. The van der Waals surface area contributed by atoms with Crippen molar-refractivity contribution >= 4 is 29.9 Å². The van der Waals surface area contributed by atoms with Crippen LogP contribution in [0.4, 0.5) is 0 Å². The Kier molecular flexibility index (Phi) is 11.4. The van der Waals surface area contributed by atoms with Gasteiger partial charge in [-0.3, -0.25) is 9.89 Å². The summed E-state index contributed by atoms with van der Waals surface area (Å²) in [5, 5.41) is 7.03. The molecule has 0 unspecified atom stereocenters. The van der Waals surface area contributed by atoms with E-state index in [0.717, 1.165) is 51.9 Å². The molecule has 2 N–H and O–H groups in total. The van der Waals surface area contributed by atoms with E-state index in [9.17, 15) is 0 Å². The molecular weight excluding hydrogens is 465 g/mol. The summed E-state index contributed by atoms with van der Waals surface area (Å²) < 4.78 is 5.60. The Labute approximate surface area is 189 Å². The van der Waals surface area contributed by atoms with Crippen LogP contribution in [-0.2, 0) is 4.74 Å². The van der Waals surface area contributed by atoms with E-state index < -0.39 is 0 Å². The lowest BCUT2D eigenvalue weighted by atomic mass is 9.80. The molecule has 1 aliphatic carbocycles. The molecule has 1 saturated carbocycles. The molecule has 0 aromatic carbocycles. The second kappa shape index (κ2) is 13.2. The fraction of sp³-hybridized carbons (Fsp3) is 0.952. The Bertz CT molecular complexity index is 444. The van der Waals surface area contributed by atoms with Gasteiger partial charge in [-0.1, -0.05) is 19.3 Å². The van der Waals surface area contributed by atoms with Gasteiger partial charge in [0.2, 0.25) is 0 Å². The number of rotatable bonds is 8. The van der Waals surface area contributed by atoms with Crippen molar-refractivity contribution < 1.29 is 4.74 Å². The molecule has 2 heterocycles. The van der Waals surface area contributed by atoms with Crippen LogP contribution in [0.25, 0.3) is 0 Å². The van der Waals surface area contributed by atoms with Crippen LogP contribution in [0.15, 0.2) is 4.99 Å². The van der Waals surface area contributed by atoms with Crippen LogP contribution in [-0.4, -0.2) is 86.9 Å². The lowest BCUT2D eigenvalue weighted by Gasteiger charge is -2.47. The molecule has 0 spiro atoms. The Balaban J connectivity index is 0.00000280. The van der Waals surface area contributed by atoms with E-state index in [-0.39, 0.29) is 29.5 Å². The van der Waals surface area contributed by atoms with Crippen LogP contribution in [0, 0.1) is 0 Å². The van der Waals surface area contributed by atoms with Crippen molar-refractivity contribution in [2.75, 3.05) is 65.6 Å². The summed E-state index contributed by atoms with van der Waals surface area (Å²) in [5.74, 6) is 0.997. The van der Waals surface area contributed by atoms with E-state index in [1.165, 1.54) is 71.0 Å². The minimum atomic E-state index is 0. The first kappa shape index (κ1) is 24.2. The van der Waals surface area contributed by atoms with Crippen molar-refractivity contribution in [2.45, 2.75) is 63.8 Å². The van der Waals surface area contributed by atoms with Gasteiger partial charge in [-0.2, -0.15) is 0 Å². The minimum Gasteiger partial charge on any atom is -0.379 e. The quantitative estimate of drug-likeness (QED) is 0.229. The molecule has 2 aliphatic heterocycles. The predicted molar refractivity (Wildman–Crippen MR) is 128 cm³/mol. The number of aliphatic imine (C=N–C) groups is 1. The highest BCUT2D eigenvalue weighted by molar-refractivity contribution is 14.0. The van der Waals surface area contributed by atoms with Crippen molar-refractivity contribution in [1.82, 2.24) is 20.4 Å². The lowest BCUT2D eigenvalue weighted by molar-refractivity contribution is -0.0333. The third-order valence-corrected chi connectivity index (χ3v) is 6.48. The second-order valence-electron chi connectivity index (χ2n) is 8.41. The monoisotopic (exact) mass is 507 g/mol. The average molecular weight is 508 g/mol. The Morgan fingerprint density at radius 1 is 0.964 bits per heavy atom. The SMILES string of the molecule is CCNC(=NCC1(N2CCOCC2)CCCCC1)NCCCN1CCCC1.I. The molecule has 3 fully saturated rings. The fourth-order valence-electron chi connectivity index (χ4n) is 4.91. The smallest absolute Gasteiger partial charge is 0.191 e. The van der Waals surface area contributed by atoms with Crippen molar-refractivity contribution in [2.24, 2.45) is 4.99 Å². The van der Waals surface area contributed by atoms with Crippen LogP contribution in [0.5, 0.6) is 0 Å². The number of ether oxygens (including phenoxy) is 1. The Hall–Kier alpha value is -0.120. The van der Waals surface area contributed by atoms with Gasteiger partial charge < -0.3 is 20.3 Å². The van der Waals surface area contributed by atoms with Gasteiger partial charge in [0.1, 0.15) is 0 Å². The van der Waals surface area contributed by atoms with Gasteiger partial charge in [-0.15, -0.1) is 24.0 Å². The van der Waals surface area contributed by atoms with Crippen LogP contribution < -0.4 is 10.6 Å². The van der Waals surface area contributed by atoms with Crippen LogP contribution in [0.1, 0.15) is 58.3 Å². The molecule has 3 aliphatic rings. The summed E-state index contributed by atoms with van der Waals surface area (Å²) in [7, 11) is 0. The van der Waals surface area contributed by atoms with E-state index in [4.69, 9.17) is 9.73 Å². The van der Waals surface area contributed by atoms with Gasteiger partial charge in [0.05, 0.1) is 19.8 Å². The Morgan fingerprint density at radius 2 is 1.68 bits per heavy atom. The molecule has 164 valence electrons. The summed E-state index contributed by atoms with van der Waals surface area (Å²) in [6.07, 6.45) is 10.6. The summed E-state index contributed by atoms with van der Waals surface area (Å²) in [5.41, 5.74) is 0.250. The minimum absolute atomic E-state index is 0. The average Bonchev–Trinajstić information content (AvgIpc) is 3.24. The molecular formula is C21H42IN5O. The largest absolute Gasteiger partial charge is 0.379 e. The van der Waals surface area contributed by atoms with Gasteiger partial charge in [0.15, 0.2) is 5.96 Å². The number of morpholine rings is 1. The summed E-state index contributed by atoms with van der Waals surface area (Å²) in [6, 6.07) is 0. The highest BCUT2D eigenvalue weighted by Gasteiger charge is 2.38. The summed E-state index contributed by atoms with van der Waals surface area (Å²) in [6.45, 7) is 12.7. The van der Waals surface area contributed by atoms with E-state index >= 15 is 0 Å². The zero-order chi connectivity index (χ0) is 18.8. The van der Waals surface area contributed by atoms with E-state index in [2.05, 4.69) is 27.4 Å². The van der Waals surface area contributed by atoms with Crippen LogP contribution in [0.3, 0.4) is 0 Å². The maximum Gasteiger partial charge on any atom is 0.191 e. The first-order chi connectivity index (χ1) is 13.3.